The summed E-state index contributed by atoms with van der Waals surface area (Å²) < 4.78 is 5.32. The lowest BCUT2D eigenvalue weighted by molar-refractivity contribution is 0.0468. The summed E-state index contributed by atoms with van der Waals surface area (Å²) in [6.45, 7) is 11.3. The summed E-state index contributed by atoms with van der Waals surface area (Å²) in [6, 6.07) is 1.12. The summed E-state index contributed by atoms with van der Waals surface area (Å²) in [4.78, 5) is 0. The zero-order valence-electron chi connectivity index (χ0n) is 13.0. The average molecular weight is 256 g/mol. The van der Waals surface area contributed by atoms with Gasteiger partial charge in [-0.25, -0.2) is 5.01 Å². The van der Waals surface area contributed by atoms with Gasteiger partial charge in [-0.2, -0.15) is 0 Å². The van der Waals surface area contributed by atoms with Crippen LogP contribution in [0.5, 0.6) is 0 Å². The molecule has 0 aromatic carbocycles. The Labute approximate surface area is 113 Å². The van der Waals surface area contributed by atoms with Crippen molar-refractivity contribution in [2.24, 2.45) is 5.41 Å². The van der Waals surface area contributed by atoms with Crippen molar-refractivity contribution in [1.82, 2.24) is 10.4 Å². The van der Waals surface area contributed by atoms with Gasteiger partial charge in [-0.1, -0.05) is 40.5 Å². The van der Waals surface area contributed by atoms with Crippen LogP contribution in [0.2, 0.25) is 0 Å². The van der Waals surface area contributed by atoms with Gasteiger partial charge in [-0.05, 0) is 24.7 Å². The second-order valence-electron chi connectivity index (χ2n) is 6.63. The number of nitrogens with zero attached hydrogens (tertiary/aromatic N) is 1. The molecule has 108 valence electrons. The van der Waals surface area contributed by atoms with Crippen LogP contribution in [-0.4, -0.2) is 37.4 Å². The van der Waals surface area contributed by atoms with E-state index in [1.807, 2.05) is 0 Å². The summed E-state index contributed by atoms with van der Waals surface area (Å²) in [7, 11) is 1.80. The topological polar surface area (TPSA) is 24.5 Å². The molecule has 0 radical (unpaired) electrons. The summed E-state index contributed by atoms with van der Waals surface area (Å²) in [5.41, 5.74) is 4.09. The highest BCUT2D eigenvalue weighted by atomic mass is 16.5. The largest absolute Gasteiger partial charge is 0.383 e. The molecule has 2 atom stereocenters. The standard InChI is InChI=1S/C15H32N2O/c1-6-7-10-14(15(2,3)4)16-17-11-8-9-13(17)12-18-5/h13-14,16H,6-12H2,1-5H3/t13-,14-/m0/s1. The highest BCUT2D eigenvalue weighted by Gasteiger charge is 2.30. The van der Waals surface area contributed by atoms with Gasteiger partial charge in [0.25, 0.3) is 0 Å². The summed E-state index contributed by atoms with van der Waals surface area (Å²) >= 11 is 0. The first-order valence-corrected chi connectivity index (χ1v) is 7.50. The Bertz CT molecular complexity index is 225. The molecule has 0 amide bonds. The Balaban J connectivity index is 2.53. The zero-order chi connectivity index (χ0) is 13.6. The number of hydrazine groups is 1. The lowest BCUT2D eigenvalue weighted by Gasteiger charge is -2.37. The van der Waals surface area contributed by atoms with Gasteiger partial charge in [0, 0.05) is 25.7 Å². The number of nitrogens with one attached hydrogen (secondary N) is 1. The summed E-state index contributed by atoms with van der Waals surface area (Å²) in [5.74, 6) is 0. The molecule has 18 heavy (non-hydrogen) atoms. The van der Waals surface area contributed by atoms with Crippen molar-refractivity contribution < 1.29 is 4.74 Å². The van der Waals surface area contributed by atoms with Crippen LogP contribution in [0.1, 0.15) is 59.8 Å². The van der Waals surface area contributed by atoms with Crippen molar-refractivity contribution in [3.8, 4) is 0 Å². The Morgan fingerprint density at radius 1 is 1.39 bits per heavy atom. The van der Waals surface area contributed by atoms with Gasteiger partial charge in [0.1, 0.15) is 0 Å². The molecule has 3 heteroatoms. The van der Waals surface area contributed by atoms with Gasteiger partial charge in [0.05, 0.1) is 6.61 Å². The fourth-order valence-electron chi connectivity index (χ4n) is 2.67. The molecule has 1 saturated heterocycles. The third kappa shape index (κ3) is 4.87. The van der Waals surface area contributed by atoms with Crippen molar-refractivity contribution in [3.05, 3.63) is 0 Å². The van der Waals surface area contributed by atoms with Crippen molar-refractivity contribution in [1.29, 1.82) is 0 Å². The van der Waals surface area contributed by atoms with Crippen LogP contribution in [-0.2, 0) is 4.74 Å². The Hall–Kier alpha value is -0.120. The molecule has 0 unspecified atom stereocenters. The quantitative estimate of drug-likeness (QED) is 0.757. The SMILES string of the molecule is CCCC[C@H](NN1CCC[C@H]1COC)C(C)(C)C. The van der Waals surface area contributed by atoms with E-state index in [1.54, 1.807) is 7.11 Å². The molecular formula is C15H32N2O. The smallest absolute Gasteiger partial charge is 0.0632 e. The molecule has 0 aromatic heterocycles. The van der Waals surface area contributed by atoms with Crippen molar-refractivity contribution >= 4 is 0 Å². The predicted molar refractivity (Wildman–Crippen MR) is 77.5 cm³/mol. The molecule has 0 bridgehead atoms. The molecule has 1 N–H and O–H groups in total. The molecule has 1 heterocycles. The van der Waals surface area contributed by atoms with Crippen LogP contribution in [0.3, 0.4) is 0 Å². The molecule has 0 aliphatic carbocycles. The maximum absolute atomic E-state index is 5.32. The molecule has 3 nitrogen and oxygen atoms in total. The third-order valence-corrected chi connectivity index (χ3v) is 3.95. The molecule has 0 spiro atoms. The van der Waals surface area contributed by atoms with E-state index in [-0.39, 0.29) is 0 Å². The minimum Gasteiger partial charge on any atom is -0.383 e. The monoisotopic (exact) mass is 256 g/mol. The van der Waals surface area contributed by atoms with E-state index >= 15 is 0 Å². The second kappa shape index (κ2) is 7.46. The number of methoxy groups -OCH3 is 1. The highest BCUT2D eigenvalue weighted by Crippen LogP contribution is 2.25. The Morgan fingerprint density at radius 2 is 2.11 bits per heavy atom. The Morgan fingerprint density at radius 3 is 2.67 bits per heavy atom. The van der Waals surface area contributed by atoms with Crippen LogP contribution in [0.25, 0.3) is 0 Å². The highest BCUT2D eigenvalue weighted by molar-refractivity contribution is 4.83. The van der Waals surface area contributed by atoms with E-state index in [9.17, 15) is 0 Å². The van der Waals surface area contributed by atoms with E-state index in [2.05, 4.69) is 38.1 Å². The Kier molecular flexibility index (Phi) is 6.61. The van der Waals surface area contributed by atoms with Crippen molar-refractivity contribution in [3.63, 3.8) is 0 Å². The van der Waals surface area contributed by atoms with Crippen LogP contribution >= 0.6 is 0 Å². The number of rotatable bonds is 7. The predicted octanol–water partition coefficient (Wildman–Crippen LogP) is 3.21. The fraction of sp³-hybridized carbons (Fsp3) is 1.00. The van der Waals surface area contributed by atoms with Gasteiger partial charge in [0.15, 0.2) is 0 Å². The lowest BCUT2D eigenvalue weighted by Crippen LogP contribution is -2.53. The normalized spacial score (nSPS) is 23.5. The van der Waals surface area contributed by atoms with Gasteiger partial charge in [-0.15, -0.1) is 0 Å². The molecule has 1 aliphatic rings. The van der Waals surface area contributed by atoms with E-state index in [0.29, 0.717) is 17.5 Å². The van der Waals surface area contributed by atoms with E-state index < -0.39 is 0 Å². The van der Waals surface area contributed by atoms with Crippen molar-refractivity contribution in [2.45, 2.75) is 71.9 Å². The summed E-state index contributed by atoms with van der Waals surface area (Å²) in [6.07, 6.45) is 6.38. The number of ether oxygens (including phenoxy) is 1. The molecule has 0 aromatic rings. The molecule has 1 fully saturated rings. The summed E-state index contributed by atoms with van der Waals surface area (Å²) in [5, 5.41) is 2.43. The van der Waals surface area contributed by atoms with Gasteiger partial charge in [-0.3, -0.25) is 5.43 Å². The molecule has 0 saturated carbocycles. The first kappa shape index (κ1) is 15.9. The number of unbranched alkanes of at least 4 members (excludes halogenated alkanes) is 1. The number of hydrogen-bond acceptors (Lipinski definition) is 3. The van der Waals surface area contributed by atoms with Crippen LogP contribution in [0, 0.1) is 5.41 Å². The van der Waals surface area contributed by atoms with Crippen LogP contribution in [0.4, 0.5) is 0 Å². The third-order valence-electron chi connectivity index (χ3n) is 3.95. The van der Waals surface area contributed by atoms with E-state index in [0.717, 1.165) is 13.2 Å². The van der Waals surface area contributed by atoms with E-state index in [4.69, 9.17) is 4.74 Å². The first-order valence-electron chi connectivity index (χ1n) is 7.50. The van der Waals surface area contributed by atoms with Gasteiger partial charge < -0.3 is 4.74 Å². The average Bonchev–Trinajstić information content (AvgIpc) is 2.71. The van der Waals surface area contributed by atoms with E-state index in [1.165, 1.54) is 32.1 Å². The minimum absolute atomic E-state index is 0.315. The molecular weight excluding hydrogens is 224 g/mol. The maximum Gasteiger partial charge on any atom is 0.0632 e. The van der Waals surface area contributed by atoms with Crippen molar-refractivity contribution in [2.75, 3.05) is 20.3 Å². The van der Waals surface area contributed by atoms with Crippen LogP contribution in [0.15, 0.2) is 0 Å². The maximum atomic E-state index is 5.32. The fourth-order valence-corrected chi connectivity index (χ4v) is 2.67. The molecule has 1 rings (SSSR count). The van der Waals surface area contributed by atoms with Gasteiger partial charge in [0.2, 0.25) is 0 Å². The second-order valence-corrected chi connectivity index (χ2v) is 6.63. The van der Waals surface area contributed by atoms with Crippen LogP contribution < -0.4 is 5.43 Å². The lowest BCUT2D eigenvalue weighted by atomic mass is 9.84. The molecule has 1 aliphatic heterocycles. The first-order chi connectivity index (χ1) is 8.49. The number of hydrogen-bond donors (Lipinski definition) is 1. The minimum atomic E-state index is 0.315. The van der Waals surface area contributed by atoms with Gasteiger partial charge >= 0.3 is 0 Å². The zero-order valence-corrected chi connectivity index (χ0v) is 13.0.